The highest BCUT2D eigenvalue weighted by atomic mass is 16.3. The van der Waals surface area contributed by atoms with E-state index in [1.807, 2.05) is 6.08 Å². The van der Waals surface area contributed by atoms with Gasteiger partial charge in [0, 0.05) is 6.42 Å². The molecule has 3 N–H and O–H groups in total. The molecule has 0 aliphatic heterocycles. The summed E-state index contributed by atoms with van der Waals surface area (Å²) in [6.07, 6.45) is 80.7. The first-order valence-corrected chi connectivity index (χ1v) is 30.7. The molecular formula is C63H121NO3. The number of nitrogens with one attached hydrogen (secondary N) is 1. The van der Waals surface area contributed by atoms with E-state index in [9.17, 15) is 15.0 Å². The van der Waals surface area contributed by atoms with Crippen molar-refractivity contribution in [2.75, 3.05) is 6.61 Å². The average molecular weight is 941 g/mol. The fraction of sp³-hybridized carbons (Fsp3) is 0.889. The molecule has 396 valence electrons. The van der Waals surface area contributed by atoms with Crippen molar-refractivity contribution in [2.45, 2.75) is 353 Å². The maximum Gasteiger partial charge on any atom is 0.220 e. The predicted octanol–water partition coefficient (Wildman–Crippen LogP) is 20.4. The molecule has 0 rings (SSSR count). The lowest BCUT2D eigenvalue weighted by Gasteiger charge is -2.19. The zero-order chi connectivity index (χ0) is 48.5. The summed E-state index contributed by atoms with van der Waals surface area (Å²) in [5.41, 5.74) is 0. The molecular weight excluding hydrogens is 819 g/mol. The molecule has 0 aromatic carbocycles. The summed E-state index contributed by atoms with van der Waals surface area (Å²) in [5, 5.41) is 23.1. The molecule has 67 heavy (non-hydrogen) atoms. The van der Waals surface area contributed by atoms with E-state index >= 15 is 0 Å². The molecule has 1 amide bonds. The van der Waals surface area contributed by atoms with Crippen LogP contribution in [0.15, 0.2) is 36.5 Å². The Morgan fingerprint density at radius 3 is 0.866 bits per heavy atom. The molecule has 0 aliphatic carbocycles. The Kier molecular flexibility index (Phi) is 57.7. The smallest absolute Gasteiger partial charge is 0.220 e. The summed E-state index contributed by atoms with van der Waals surface area (Å²) in [6.45, 7) is 4.32. The molecule has 0 saturated heterocycles. The van der Waals surface area contributed by atoms with E-state index in [4.69, 9.17) is 0 Å². The standard InChI is InChI=1S/C63H121NO3/c1-3-5-7-9-11-13-15-17-19-21-22-23-24-25-26-27-28-29-30-31-32-33-34-35-36-37-38-39-40-41-43-45-47-49-51-53-55-57-59-63(67)64-61(60-65)62(66)58-56-54-52-50-48-46-44-42-20-18-16-14-12-10-8-6-4-2/h20,42,48,50,56,58,61-62,65-66H,3-19,21-41,43-47,49,51-55,57,59-60H2,1-2H3,(H,64,67)/b42-20+,50-48+,58-56+. The highest BCUT2D eigenvalue weighted by molar-refractivity contribution is 5.76. The number of unbranched alkanes of at least 4 members (excludes halogenated alkanes) is 46. The fourth-order valence-electron chi connectivity index (χ4n) is 9.69. The van der Waals surface area contributed by atoms with Gasteiger partial charge in [-0.05, 0) is 44.9 Å². The van der Waals surface area contributed by atoms with Gasteiger partial charge in [0.2, 0.25) is 5.91 Å². The minimum absolute atomic E-state index is 0.0719. The lowest BCUT2D eigenvalue weighted by molar-refractivity contribution is -0.123. The van der Waals surface area contributed by atoms with Crippen LogP contribution in [0.4, 0.5) is 0 Å². The van der Waals surface area contributed by atoms with Gasteiger partial charge in [-0.3, -0.25) is 4.79 Å². The third kappa shape index (κ3) is 55.4. The van der Waals surface area contributed by atoms with E-state index in [0.29, 0.717) is 6.42 Å². The van der Waals surface area contributed by atoms with E-state index in [1.165, 1.54) is 283 Å². The summed E-state index contributed by atoms with van der Waals surface area (Å²) >= 11 is 0. The molecule has 0 heterocycles. The Bertz CT molecular complexity index is 1020. The molecule has 0 radical (unpaired) electrons. The second kappa shape index (κ2) is 58.9. The second-order valence-electron chi connectivity index (χ2n) is 21.1. The summed E-state index contributed by atoms with van der Waals surface area (Å²) in [7, 11) is 0. The van der Waals surface area contributed by atoms with Crippen LogP contribution in [0.1, 0.15) is 341 Å². The first-order valence-electron chi connectivity index (χ1n) is 30.7. The molecule has 0 bridgehead atoms. The van der Waals surface area contributed by atoms with Gasteiger partial charge in [0.25, 0.3) is 0 Å². The van der Waals surface area contributed by atoms with Gasteiger partial charge in [-0.15, -0.1) is 0 Å². The summed E-state index contributed by atoms with van der Waals surface area (Å²) < 4.78 is 0. The largest absolute Gasteiger partial charge is 0.394 e. The van der Waals surface area contributed by atoms with E-state index in [-0.39, 0.29) is 12.5 Å². The molecule has 0 aromatic rings. The zero-order valence-electron chi connectivity index (χ0n) is 45.7. The number of rotatable bonds is 57. The average Bonchev–Trinajstić information content (AvgIpc) is 3.33. The minimum Gasteiger partial charge on any atom is -0.394 e. The Morgan fingerprint density at radius 2 is 0.582 bits per heavy atom. The normalized spacial score (nSPS) is 13.0. The number of hydrogen-bond acceptors (Lipinski definition) is 3. The maximum atomic E-state index is 12.5. The van der Waals surface area contributed by atoms with Crippen molar-refractivity contribution in [3.8, 4) is 0 Å². The molecule has 4 nitrogen and oxygen atoms in total. The maximum absolute atomic E-state index is 12.5. The lowest BCUT2D eigenvalue weighted by atomic mass is 10.0. The van der Waals surface area contributed by atoms with Gasteiger partial charge in [0.15, 0.2) is 0 Å². The highest BCUT2D eigenvalue weighted by Gasteiger charge is 2.18. The molecule has 0 aliphatic rings. The van der Waals surface area contributed by atoms with Gasteiger partial charge in [0.05, 0.1) is 18.8 Å². The number of aliphatic hydroxyl groups is 2. The number of aliphatic hydroxyl groups excluding tert-OH is 2. The first kappa shape index (κ1) is 65.6. The summed E-state index contributed by atoms with van der Waals surface area (Å²) in [4.78, 5) is 12.5. The molecule has 0 spiro atoms. The first-order chi connectivity index (χ1) is 33.2. The van der Waals surface area contributed by atoms with Crippen LogP contribution in [0.5, 0.6) is 0 Å². The summed E-state index contributed by atoms with van der Waals surface area (Å²) in [6, 6.07) is -0.644. The van der Waals surface area contributed by atoms with Gasteiger partial charge in [0.1, 0.15) is 0 Å². The Hall–Kier alpha value is -1.39. The van der Waals surface area contributed by atoms with Crippen molar-refractivity contribution >= 4 is 5.91 Å². The van der Waals surface area contributed by atoms with Crippen molar-refractivity contribution in [1.82, 2.24) is 5.32 Å². The van der Waals surface area contributed by atoms with Crippen molar-refractivity contribution in [3.05, 3.63) is 36.5 Å². The number of allylic oxidation sites excluding steroid dienone is 5. The van der Waals surface area contributed by atoms with Gasteiger partial charge < -0.3 is 15.5 Å². The Labute approximate surface area is 421 Å². The topological polar surface area (TPSA) is 69.6 Å². The quantitative estimate of drug-likeness (QED) is 0.0420. The van der Waals surface area contributed by atoms with Gasteiger partial charge in [-0.2, -0.15) is 0 Å². The third-order valence-corrected chi connectivity index (χ3v) is 14.4. The van der Waals surface area contributed by atoms with Crippen LogP contribution in [-0.4, -0.2) is 34.9 Å². The molecule has 0 aromatic heterocycles. The monoisotopic (exact) mass is 940 g/mol. The Morgan fingerprint density at radius 1 is 0.343 bits per heavy atom. The second-order valence-corrected chi connectivity index (χ2v) is 21.1. The molecule has 2 atom stereocenters. The Balaban J connectivity index is 3.40. The molecule has 4 heteroatoms. The summed E-state index contributed by atoms with van der Waals surface area (Å²) in [5.74, 6) is -0.0719. The van der Waals surface area contributed by atoms with Crippen LogP contribution in [0, 0.1) is 0 Å². The van der Waals surface area contributed by atoms with Crippen LogP contribution < -0.4 is 5.32 Å². The SMILES string of the molecule is CCCCCCCCC/C=C/CC/C=C/CC/C=C/C(O)C(CO)NC(=O)CCCCCCCCCCCCCCCCCCCCCCCCCCCCCCCCCCCCCCCC. The van der Waals surface area contributed by atoms with Crippen LogP contribution in [0.25, 0.3) is 0 Å². The molecule has 0 saturated carbocycles. The zero-order valence-corrected chi connectivity index (χ0v) is 45.7. The van der Waals surface area contributed by atoms with Crippen molar-refractivity contribution in [2.24, 2.45) is 0 Å². The van der Waals surface area contributed by atoms with Crippen LogP contribution in [-0.2, 0) is 4.79 Å². The highest BCUT2D eigenvalue weighted by Crippen LogP contribution is 2.18. The number of carbonyl (C=O) groups is 1. The number of amides is 1. The van der Waals surface area contributed by atoms with E-state index in [2.05, 4.69) is 43.5 Å². The molecule has 2 unspecified atom stereocenters. The van der Waals surface area contributed by atoms with Gasteiger partial charge in [-0.1, -0.05) is 326 Å². The predicted molar refractivity (Wildman–Crippen MR) is 299 cm³/mol. The fourth-order valence-corrected chi connectivity index (χ4v) is 9.69. The number of hydrogen-bond donors (Lipinski definition) is 3. The van der Waals surface area contributed by atoms with Crippen LogP contribution >= 0.6 is 0 Å². The van der Waals surface area contributed by atoms with Crippen molar-refractivity contribution in [3.63, 3.8) is 0 Å². The molecule has 0 fully saturated rings. The van der Waals surface area contributed by atoms with E-state index in [0.717, 1.165) is 38.5 Å². The van der Waals surface area contributed by atoms with Crippen LogP contribution in [0.3, 0.4) is 0 Å². The minimum atomic E-state index is -0.868. The third-order valence-electron chi connectivity index (χ3n) is 14.4. The van der Waals surface area contributed by atoms with E-state index < -0.39 is 12.1 Å². The lowest BCUT2D eigenvalue weighted by Crippen LogP contribution is -2.45. The number of carbonyl (C=O) groups excluding carboxylic acids is 1. The van der Waals surface area contributed by atoms with E-state index in [1.54, 1.807) is 6.08 Å². The van der Waals surface area contributed by atoms with Crippen molar-refractivity contribution < 1.29 is 15.0 Å². The van der Waals surface area contributed by atoms with Gasteiger partial charge >= 0.3 is 0 Å². The van der Waals surface area contributed by atoms with Crippen molar-refractivity contribution in [1.29, 1.82) is 0 Å². The van der Waals surface area contributed by atoms with Crippen LogP contribution in [0.2, 0.25) is 0 Å². The van der Waals surface area contributed by atoms with Gasteiger partial charge in [-0.25, -0.2) is 0 Å².